The third kappa shape index (κ3) is 3.14. The number of rotatable bonds is 3. The highest BCUT2D eigenvalue weighted by molar-refractivity contribution is 5.91. The molecular formula is C20H11F3N4O. The molecule has 0 fully saturated rings. The second-order valence-corrected chi connectivity index (χ2v) is 5.89. The number of ether oxygens (including phenoxy) is 1. The van der Waals surface area contributed by atoms with E-state index in [-0.39, 0.29) is 17.0 Å². The number of alkyl halides is 3. The van der Waals surface area contributed by atoms with E-state index in [1.807, 2.05) is 0 Å². The second kappa shape index (κ2) is 6.70. The molecule has 0 unspecified atom stereocenters. The molecular weight excluding hydrogens is 369 g/mol. The number of H-pyrrole nitrogens is 1. The summed E-state index contributed by atoms with van der Waals surface area (Å²) in [5.41, 5.74) is 0.623. The van der Waals surface area contributed by atoms with Crippen molar-refractivity contribution in [2.75, 3.05) is 0 Å². The topological polar surface area (TPSA) is 74.6 Å². The fourth-order valence-corrected chi connectivity index (χ4v) is 2.88. The Kier molecular flexibility index (Phi) is 4.20. The van der Waals surface area contributed by atoms with Crippen LogP contribution < -0.4 is 4.74 Å². The average Bonchev–Trinajstić information content (AvgIpc) is 3.12. The third-order valence-corrected chi connectivity index (χ3v) is 4.15. The van der Waals surface area contributed by atoms with Gasteiger partial charge in [0.1, 0.15) is 17.6 Å². The van der Waals surface area contributed by atoms with E-state index < -0.39 is 11.7 Å². The van der Waals surface area contributed by atoms with Gasteiger partial charge in [-0.1, -0.05) is 6.07 Å². The van der Waals surface area contributed by atoms with E-state index in [0.717, 1.165) is 12.1 Å². The van der Waals surface area contributed by atoms with Gasteiger partial charge < -0.3 is 9.72 Å². The van der Waals surface area contributed by atoms with Gasteiger partial charge in [-0.15, -0.1) is 0 Å². The first kappa shape index (κ1) is 17.5. The molecule has 0 spiro atoms. The van der Waals surface area contributed by atoms with Crippen molar-refractivity contribution in [2.24, 2.45) is 0 Å². The largest absolute Gasteiger partial charge is 0.456 e. The lowest BCUT2D eigenvalue weighted by Crippen LogP contribution is -2.05. The number of hydrogen-bond donors (Lipinski definition) is 1. The number of aromatic nitrogens is 3. The van der Waals surface area contributed by atoms with Gasteiger partial charge in [0.15, 0.2) is 0 Å². The Labute approximate surface area is 157 Å². The van der Waals surface area contributed by atoms with Crippen LogP contribution in [0.1, 0.15) is 11.1 Å². The maximum Gasteiger partial charge on any atom is 0.416 e. The molecule has 4 rings (SSSR count). The monoisotopic (exact) mass is 380 g/mol. The standard InChI is InChI=1S/C20H11F3N4O/c21-20(22,23)13-4-5-17(14(8-13)16-11-25-6-7-26-16)28-18-3-1-2-15-19(18)12(9-24)10-27-15/h1-8,10-11,27H. The Bertz CT molecular complexity index is 1190. The summed E-state index contributed by atoms with van der Waals surface area (Å²) in [6.45, 7) is 0. The zero-order chi connectivity index (χ0) is 19.7. The summed E-state index contributed by atoms with van der Waals surface area (Å²) in [5, 5.41) is 9.86. The van der Waals surface area contributed by atoms with Crippen LogP contribution >= 0.6 is 0 Å². The molecule has 2 aromatic heterocycles. The predicted molar refractivity (Wildman–Crippen MR) is 95.6 cm³/mol. The van der Waals surface area contributed by atoms with Gasteiger partial charge in [0.2, 0.25) is 0 Å². The Morgan fingerprint density at radius 3 is 2.64 bits per heavy atom. The number of fused-ring (bicyclic) bond motifs is 1. The van der Waals surface area contributed by atoms with E-state index in [1.165, 1.54) is 24.7 Å². The van der Waals surface area contributed by atoms with Crippen molar-refractivity contribution in [2.45, 2.75) is 6.18 Å². The number of benzene rings is 2. The number of nitrogens with one attached hydrogen (secondary N) is 1. The summed E-state index contributed by atoms with van der Waals surface area (Å²) in [7, 11) is 0. The van der Waals surface area contributed by atoms with Gasteiger partial charge in [-0.3, -0.25) is 9.97 Å². The molecule has 0 radical (unpaired) electrons. The molecule has 5 nitrogen and oxygen atoms in total. The van der Waals surface area contributed by atoms with Crippen molar-refractivity contribution in [1.82, 2.24) is 15.0 Å². The number of halogens is 3. The summed E-state index contributed by atoms with van der Waals surface area (Å²) < 4.78 is 45.5. The number of aromatic amines is 1. The number of hydrogen-bond acceptors (Lipinski definition) is 4. The van der Waals surface area contributed by atoms with E-state index in [4.69, 9.17) is 4.74 Å². The van der Waals surface area contributed by atoms with Crippen molar-refractivity contribution >= 4 is 10.9 Å². The van der Waals surface area contributed by atoms with Crippen LogP contribution in [0.4, 0.5) is 13.2 Å². The molecule has 0 amide bonds. The van der Waals surface area contributed by atoms with E-state index in [0.29, 0.717) is 22.2 Å². The summed E-state index contributed by atoms with van der Waals surface area (Å²) >= 11 is 0. The minimum absolute atomic E-state index is 0.147. The zero-order valence-electron chi connectivity index (χ0n) is 14.2. The van der Waals surface area contributed by atoms with Crippen molar-refractivity contribution in [1.29, 1.82) is 5.26 Å². The quantitative estimate of drug-likeness (QED) is 0.523. The molecule has 0 aliphatic carbocycles. The second-order valence-electron chi connectivity index (χ2n) is 5.89. The van der Waals surface area contributed by atoms with E-state index in [9.17, 15) is 18.4 Å². The summed E-state index contributed by atoms with van der Waals surface area (Å²) in [4.78, 5) is 11.0. The molecule has 138 valence electrons. The Morgan fingerprint density at radius 1 is 1.07 bits per heavy atom. The van der Waals surface area contributed by atoms with Crippen LogP contribution in [0, 0.1) is 11.3 Å². The van der Waals surface area contributed by atoms with Crippen LogP contribution in [0.25, 0.3) is 22.2 Å². The van der Waals surface area contributed by atoms with Gasteiger partial charge in [-0.25, -0.2) is 0 Å². The fraction of sp³-hybridized carbons (Fsp3) is 0.0500. The van der Waals surface area contributed by atoms with Gasteiger partial charge in [0.05, 0.1) is 33.9 Å². The highest BCUT2D eigenvalue weighted by atomic mass is 19.4. The average molecular weight is 380 g/mol. The predicted octanol–water partition coefficient (Wildman–Crippen LogP) is 5.31. The number of nitrogens with zero attached hydrogens (tertiary/aromatic N) is 3. The normalized spacial score (nSPS) is 11.4. The molecule has 0 saturated carbocycles. The van der Waals surface area contributed by atoms with E-state index in [1.54, 1.807) is 24.4 Å². The maximum atomic E-state index is 13.2. The summed E-state index contributed by atoms with van der Waals surface area (Å²) in [6.07, 6.45) is 1.22. The lowest BCUT2D eigenvalue weighted by molar-refractivity contribution is -0.137. The molecule has 0 aliphatic rings. The SMILES string of the molecule is N#Cc1c[nH]c2cccc(Oc3ccc(C(F)(F)F)cc3-c3cnccn3)c12. The number of nitriles is 1. The fourth-order valence-electron chi connectivity index (χ4n) is 2.88. The minimum Gasteiger partial charge on any atom is -0.456 e. The molecule has 0 bridgehead atoms. The van der Waals surface area contributed by atoms with Crippen molar-refractivity contribution in [3.8, 4) is 28.8 Å². The van der Waals surface area contributed by atoms with Gasteiger partial charge in [0, 0.05) is 24.2 Å². The van der Waals surface area contributed by atoms with E-state index in [2.05, 4.69) is 21.0 Å². The smallest absolute Gasteiger partial charge is 0.416 e. The molecule has 2 aromatic carbocycles. The van der Waals surface area contributed by atoms with E-state index >= 15 is 0 Å². The van der Waals surface area contributed by atoms with Gasteiger partial charge >= 0.3 is 6.18 Å². The molecule has 4 aromatic rings. The van der Waals surface area contributed by atoms with Crippen LogP contribution in [0.5, 0.6) is 11.5 Å². The summed E-state index contributed by atoms with van der Waals surface area (Å²) in [5.74, 6) is 0.520. The first-order chi connectivity index (χ1) is 13.5. The molecule has 0 aliphatic heterocycles. The molecule has 2 heterocycles. The summed E-state index contributed by atoms with van der Waals surface area (Å²) in [6, 6.07) is 10.4. The van der Waals surface area contributed by atoms with Crippen LogP contribution in [0.15, 0.2) is 61.2 Å². The molecule has 28 heavy (non-hydrogen) atoms. The van der Waals surface area contributed by atoms with Crippen LogP contribution in [-0.2, 0) is 6.18 Å². The van der Waals surface area contributed by atoms with Crippen LogP contribution in [0.2, 0.25) is 0 Å². The Morgan fingerprint density at radius 2 is 1.93 bits per heavy atom. The van der Waals surface area contributed by atoms with Gasteiger partial charge in [-0.05, 0) is 30.3 Å². The van der Waals surface area contributed by atoms with Crippen LogP contribution in [0.3, 0.4) is 0 Å². The van der Waals surface area contributed by atoms with Gasteiger partial charge in [-0.2, -0.15) is 18.4 Å². The highest BCUT2D eigenvalue weighted by Crippen LogP contribution is 2.40. The first-order valence-corrected chi connectivity index (χ1v) is 8.13. The first-order valence-electron chi connectivity index (χ1n) is 8.13. The zero-order valence-corrected chi connectivity index (χ0v) is 14.2. The lowest BCUT2D eigenvalue weighted by Gasteiger charge is -2.14. The van der Waals surface area contributed by atoms with Crippen LogP contribution in [-0.4, -0.2) is 15.0 Å². The minimum atomic E-state index is -4.51. The lowest BCUT2D eigenvalue weighted by atomic mass is 10.1. The van der Waals surface area contributed by atoms with Gasteiger partial charge in [0.25, 0.3) is 0 Å². The van der Waals surface area contributed by atoms with Crippen molar-refractivity contribution < 1.29 is 17.9 Å². The molecule has 8 heteroatoms. The third-order valence-electron chi connectivity index (χ3n) is 4.15. The molecule has 1 N–H and O–H groups in total. The Hall–Kier alpha value is -3.86. The molecule has 0 atom stereocenters. The molecule has 0 saturated heterocycles. The van der Waals surface area contributed by atoms with Crippen molar-refractivity contribution in [3.05, 3.63) is 72.3 Å². The Balaban J connectivity index is 1.87. The maximum absolute atomic E-state index is 13.2. The van der Waals surface area contributed by atoms with Crippen molar-refractivity contribution in [3.63, 3.8) is 0 Å². The highest BCUT2D eigenvalue weighted by Gasteiger charge is 2.31.